The van der Waals surface area contributed by atoms with Crippen molar-refractivity contribution in [2.45, 2.75) is 6.54 Å². The van der Waals surface area contributed by atoms with Crippen molar-refractivity contribution >= 4 is 35.0 Å². The number of hydrogen-bond acceptors (Lipinski definition) is 4. The van der Waals surface area contributed by atoms with Crippen LogP contribution >= 0.6 is 35.0 Å². The quantitative estimate of drug-likeness (QED) is 0.844. The molecule has 106 valence electrons. The number of benzene rings is 1. The summed E-state index contributed by atoms with van der Waals surface area (Å²) in [5.41, 5.74) is 1.72. The zero-order chi connectivity index (χ0) is 13.9. The monoisotopic (exact) mass is 328 g/mol. The van der Waals surface area contributed by atoms with E-state index in [2.05, 4.69) is 10.1 Å². The summed E-state index contributed by atoms with van der Waals surface area (Å²) in [6.45, 7) is 3.02. The Morgan fingerprint density at radius 3 is 2.70 bits per heavy atom. The smallest absolute Gasteiger partial charge is 0.151 e. The fourth-order valence-electron chi connectivity index (χ4n) is 2.16. The lowest BCUT2D eigenvalue weighted by Gasteiger charge is -2.24. The highest BCUT2D eigenvalue weighted by Crippen LogP contribution is 2.28. The molecule has 3 nitrogen and oxygen atoms in total. The Labute approximate surface area is 132 Å². The lowest BCUT2D eigenvalue weighted by molar-refractivity contribution is 0.251. The van der Waals surface area contributed by atoms with Crippen LogP contribution in [0.1, 0.15) is 5.76 Å². The van der Waals surface area contributed by atoms with E-state index in [4.69, 9.17) is 27.7 Å². The van der Waals surface area contributed by atoms with Gasteiger partial charge in [0.05, 0.1) is 16.6 Å². The summed E-state index contributed by atoms with van der Waals surface area (Å²) >= 11 is 13.9. The minimum atomic E-state index is 0.529. The third kappa shape index (κ3) is 3.31. The molecule has 20 heavy (non-hydrogen) atoms. The highest BCUT2D eigenvalue weighted by molar-refractivity contribution is 7.99. The van der Waals surface area contributed by atoms with Crippen molar-refractivity contribution in [1.29, 1.82) is 0 Å². The van der Waals surface area contributed by atoms with Crippen LogP contribution in [0.5, 0.6) is 0 Å². The molecule has 1 aromatic heterocycles. The van der Waals surface area contributed by atoms with Crippen molar-refractivity contribution in [3.8, 4) is 11.3 Å². The lowest BCUT2D eigenvalue weighted by Crippen LogP contribution is -2.31. The Balaban J connectivity index is 1.73. The molecule has 1 aliphatic heterocycles. The molecule has 3 rings (SSSR count). The second-order valence-electron chi connectivity index (χ2n) is 4.70. The van der Waals surface area contributed by atoms with Gasteiger partial charge < -0.3 is 4.52 Å². The number of nitrogens with zero attached hydrogens (tertiary/aromatic N) is 2. The minimum absolute atomic E-state index is 0.529. The third-order valence-corrected chi connectivity index (χ3v) is 4.94. The first kappa shape index (κ1) is 14.3. The molecule has 0 unspecified atom stereocenters. The zero-order valence-electron chi connectivity index (χ0n) is 10.8. The van der Waals surface area contributed by atoms with Crippen LogP contribution in [0.15, 0.2) is 28.8 Å². The van der Waals surface area contributed by atoms with E-state index in [1.807, 2.05) is 30.0 Å². The summed E-state index contributed by atoms with van der Waals surface area (Å²) < 4.78 is 5.42. The van der Waals surface area contributed by atoms with Crippen LogP contribution in [0.4, 0.5) is 0 Å². The maximum Gasteiger partial charge on any atom is 0.151 e. The van der Waals surface area contributed by atoms with Crippen LogP contribution in [0, 0.1) is 0 Å². The fourth-order valence-corrected chi connectivity index (χ4v) is 3.44. The van der Waals surface area contributed by atoms with E-state index in [0.29, 0.717) is 10.0 Å². The summed E-state index contributed by atoms with van der Waals surface area (Å²) in [5, 5.41) is 5.19. The minimum Gasteiger partial charge on any atom is -0.359 e. The maximum absolute atomic E-state index is 6.03. The second kappa shape index (κ2) is 6.39. The van der Waals surface area contributed by atoms with Gasteiger partial charge in [0.15, 0.2) is 5.76 Å². The van der Waals surface area contributed by atoms with Gasteiger partial charge in [0.1, 0.15) is 5.69 Å². The van der Waals surface area contributed by atoms with E-state index in [1.54, 1.807) is 6.07 Å². The number of rotatable bonds is 3. The SMILES string of the molecule is Clc1ccc(-c2cc(CN3CCSCC3)on2)cc1Cl. The molecule has 0 N–H and O–H groups in total. The predicted octanol–water partition coefficient (Wildman–Crippen LogP) is 4.20. The third-order valence-electron chi connectivity index (χ3n) is 3.26. The molecule has 0 spiro atoms. The van der Waals surface area contributed by atoms with Gasteiger partial charge in [0.2, 0.25) is 0 Å². The van der Waals surface area contributed by atoms with Crippen molar-refractivity contribution in [3.05, 3.63) is 40.1 Å². The number of aromatic nitrogens is 1. The van der Waals surface area contributed by atoms with Gasteiger partial charge in [-0.05, 0) is 12.1 Å². The molecule has 2 heterocycles. The summed E-state index contributed by atoms with van der Waals surface area (Å²) in [5.74, 6) is 3.26. The topological polar surface area (TPSA) is 29.3 Å². The fraction of sp³-hybridized carbons (Fsp3) is 0.357. The molecule has 1 fully saturated rings. The van der Waals surface area contributed by atoms with Crippen molar-refractivity contribution in [2.24, 2.45) is 0 Å². The van der Waals surface area contributed by atoms with Gasteiger partial charge >= 0.3 is 0 Å². The van der Waals surface area contributed by atoms with Crippen LogP contribution in [-0.2, 0) is 6.54 Å². The predicted molar refractivity (Wildman–Crippen MR) is 84.6 cm³/mol. The van der Waals surface area contributed by atoms with E-state index >= 15 is 0 Å². The van der Waals surface area contributed by atoms with Crippen molar-refractivity contribution in [2.75, 3.05) is 24.6 Å². The number of hydrogen-bond donors (Lipinski definition) is 0. The Hall–Kier alpha value is -0.680. The van der Waals surface area contributed by atoms with Crippen molar-refractivity contribution in [3.63, 3.8) is 0 Å². The van der Waals surface area contributed by atoms with Crippen molar-refractivity contribution < 1.29 is 4.52 Å². The first-order chi connectivity index (χ1) is 9.72. The molecular formula is C14H14Cl2N2OS. The van der Waals surface area contributed by atoms with Gasteiger partial charge in [-0.3, -0.25) is 4.90 Å². The van der Waals surface area contributed by atoms with E-state index in [9.17, 15) is 0 Å². The summed E-state index contributed by atoms with van der Waals surface area (Å²) in [7, 11) is 0. The van der Waals surface area contributed by atoms with Crippen LogP contribution in [0.3, 0.4) is 0 Å². The molecule has 0 aliphatic carbocycles. The molecule has 0 radical (unpaired) electrons. The second-order valence-corrected chi connectivity index (χ2v) is 6.74. The van der Waals surface area contributed by atoms with E-state index in [1.165, 1.54) is 11.5 Å². The maximum atomic E-state index is 6.03. The summed E-state index contributed by atoms with van der Waals surface area (Å²) in [6, 6.07) is 7.45. The van der Waals surface area contributed by atoms with Crippen LogP contribution < -0.4 is 0 Å². The Bertz CT molecular complexity index is 597. The summed E-state index contributed by atoms with van der Waals surface area (Å²) in [6.07, 6.45) is 0. The molecule has 2 aromatic rings. The number of halogens is 2. The Kier molecular flexibility index (Phi) is 4.56. The standard InChI is InChI=1S/C14H14Cl2N2OS/c15-12-2-1-10(7-13(12)16)14-8-11(19-17-14)9-18-3-5-20-6-4-18/h1-2,7-8H,3-6,9H2. The van der Waals surface area contributed by atoms with E-state index < -0.39 is 0 Å². The highest BCUT2D eigenvalue weighted by Gasteiger charge is 2.14. The Morgan fingerprint density at radius 1 is 1.15 bits per heavy atom. The van der Waals surface area contributed by atoms with Gasteiger partial charge in [-0.1, -0.05) is 34.4 Å². The van der Waals surface area contributed by atoms with Gasteiger partial charge in [-0.25, -0.2) is 0 Å². The molecule has 1 aromatic carbocycles. The molecular weight excluding hydrogens is 315 g/mol. The van der Waals surface area contributed by atoms with E-state index in [0.717, 1.165) is 36.7 Å². The largest absolute Gasteiger partial charge is 0.359 e. The average molecular weight is 329 g/mol. The zero-order valence-corrected chi connectivity index (χ0v) is 13.1. The van der Waals surface area contributed by atoms with Crippen LogP contribution in [-0.4, -0.2) is 34.7 Å². The molecule has 0 bridgehead atoms. The van der Waals surface area contributed by atoms with Gasteiger partial charge in [0.25, 0.3) is 0 Å². The molecule has 1 aliphatic rings. The molecule has 1 saturated heterocycles. The van der Waals surface area contributed by atoms with Crippen molar-refractivity contribution in [1.82, 2.24) is 10.1 Å². The first-order valence-corrected chi connectivity index (χ1v) is 8.34. The normalized spacial score (nSPS) is 16.5. The highest BCUT2D eigenvalue weighted by atomic mass is 35.5. The van der Waals surface area contributed by atoms with Crippen LogP contribution in [0.2, 0.25) is 10.0 Å². The van der Waals surface area contributed by atoms with Gasteiger partial charge in [-0.2, -0.15) is 11.8 Å². The molecule has 6 heteroatoms. The van der Waals surface area contributed by atoms with Crippen LogP contribution in [0.25, 0.3) is 11.3 Å². The lowest BCUT2D eigenvalue weighted by atomic mass is 10.1. The molecule has 0 amide bonds. The van der Waals surface area contributed by atoms with Gasteiger partial charge in [-0.15, -0.1) is 0 Å². The van der Waals surface area contributed by atoms with Gasteiger partial charge in [0, 0.05) is 36.2 Å². The average Bonchev–Trinajstić information content (AvgIpc) is 2.91. The Morgan fingerprint density at radius 2 is 1.95 bits per heavy atom. The van der Waals surface area contributed by atoms with E-state index in [-0.39, 0.29) is 0 Å². The number of thioether (sulfide) groups is 1. The molecule has 0 atom stereocenters. The molecule has 0 saturated carbocycles. The first-order valence-electron chi connectivity index (χ1n) is 6.43. The summed E-state index contributed by atoms with van der Waals surface area (Å²) in [4.78, 5) is 2.38.